The molecule has 0 spiro atoms. The standard InChI is InChI=1S/C12H21N5O2/c1-18-11-14-10(15-12(16-11)19-2)13-6-5-9-17-7-3-4-8-17/h3-9H2,1-2H3,(H,13,14,15,16). The van der Waals surface area contributed by atoms with Crippen molar-refractivity contribution in [2.45, 2.75) is 19.3 Å². The quantitative estimate of drug-likeness (QED) is 0.732. The highest BCUT2D eigenvalue weighted by atomic mass is 16.5. The van der Waals surface area contributed by atoms with Crippen LogP contribution in [0.1, 0.15) is 19.3 Å². The van der Waals surface area contributed by atoms with Crippen LogP contribution in [0.25, 0.3) is 0 Å². The second-order valence-corrected chi connectivity index (χ2v) is 4.46. The first kappa shape index (κ1) is 13.8. The molecule has 2 heterocycles. The molecule has 0 amide bonds. The molecule has 7 heteroatoms. The molecule has 0 radical (unpaired) electrons. The van der Waals surface area contributed by atoms with Gasteiger partial charge in [0.25, 0.3) is 0 Å². The lowest BCUT2D eigenvalue weighted by Gasteiger charge is -2.14. The average molecular weight is 267 g/mol. The topological polar surface area (TPSA) is 72.4 Å². The van der Waals surface area contributed by atoms with Gasteiger partial charge in [0.2, 0.25) is 5.95 Å². The van der Waals surface area contributed by atoms with Crippen molar-refractivity contribution < 1.29 is 9.47 Å². The molecule has 19 heavy (non-hydrogen) atoms. The van der Waals surface area contributed by atoms with Crippen molar-refractivity contribution in [1.29, 1.82) is 0 Å². The zero-order chi connectivity index (χ0) is 13.5. The molecule has 1 N–H and O–H groups in total. The summed E-state index contributed by atoms with van der Waals surface area (Å²) in [6.45, 7) is 4.40. The molecule has 0 saturated carbocycles. The predicted octanol–water partition coefficient (Wildman–Crippen LogP) is 0.787. The minimum Gasteiger partial charge on any atom is -0.467 e. The first-order chi connectivity index (χ1) is 9.31. The Hall–Kier alpha value is -1.63. The number of likely N-dealkylation sites (tertiary alicyclic amines) is 1. The fraction of sp³-hybridized carbons (Fsp3) is 0.750. The maximum absolute atomic E-state index is 4.99. The Bertz CT molecular complexity index is 373. The summed E-state index contributed by atoms with van der Waals surface area (Å²) in [5.74, 6) is 0.491. The van der Waals surface area contributed by atoms with E-state index in [4.69, 9.17) is 9.47 Å². The highest BCUT2D eigenvalue weighted by molar-refractivity contribution is 5.27. The Morgan fingerprint density at radius 1 is 1.05 bits per heavy atom. The van der Waals surface area contributed by atoms with Gasteiger partial charge in [0, 0.05) is 6.54 Å². The minimum atomic E-state index is 0.258. The fourth-order valence-corrected chi connectivity index (χ4v) is 2.11. The molecule has 1 aliphatic rings. The molecule has 0 aromatic carbocycles. The Morgan fingerprint density at radius 2 is 1.68 bits per heavy atom. The summed E-state index contributed by atoms with van der Waals surface area (Å²) < 4.78 is 9.99. The molecule has 1 fully saturated rings. The van der Waals surface area contributed by atoms with E-state index in [0.717, 1.165) is 19.5 Å². The third-order valence-electron chi connectivity index (χ3n) is 3.09. The molecule has 2 rings (SSSR count). The van der Waals surface area contributed by atoms with Crippen molar-refractivity contribution in [2.24, 2.45) is 0 Å². The first-order valence-corrected chi connectivity index (χ1v) is 6.62. The number of nitrogens with zero attached hydrogens (tertiary/aromatic N) is 4. The highest BCUT2D eigenvalue weighted by Crippen LogP contribution is 2.12. The molecular formula is C12H21N5O2. The minimum absolute atomic E-state index is 0.258. The lowest BCUT2D eigenvalue weighted by Crippen LogP contribution is -2.22. The first-order valence-electron chi connectivity index (χ1n) is 6.62. The molecule has 106 valence electrons. The van der Waals surface area contributed by atoms with Crippen molar-refractivity contribution >= 4 is 5.95 Å². The second-order valence-electron chi connectivity index (χ2n) is 4.46. The highest BCUT2D eigenvalue weighted by Gasteiger charge is 2.10. The maximum Gasteiger partial charge on any atom is 0.324 e. The van der Waals surface area contributed by atoms with E-state index in [-0.39, 0.29) is 12.0 Å². The van der Waals surface area contributed by atoms with Crippen LogP contribution in [0.5, 0.6) is 12.0 Å². The largest absolute Gasteiger partial charge is 0.467 e. The molecule has 0 atom stereocenters. The van der Waals surface area contributed by atoms with Crippen LogP contribution in [0.4, 0.5) is 5.95 Å². The average Bonchev–Trinajstić information content (AvgIpc) is 2.96. The van der Waals surface area contributed by atoms with Gasteiger partial charge in [0.05, 0.1) is 14.2 Å². The summed E-state index contributed by atoms with van der Waals surface area (Å²) in [5, 5.41) is 3.17. The van der Waals surface area contributed by atoms with E-state index in [1.807, 2.05) is 0 Å². The van der Waals surface area contributed by atoms with Crippen molar-refractivity contribution in [3.05, 3.63) is 0 Å². The van der Waals surface area contributed by atoms with Gasteiger partial charge in [-0.1, -0.05) is 0 Å². The van der Waals surface area contributed by atoms with E-state index in [1.54, 1.807) is 0 Å². The molecule has 0 bridgehead atoms. The van der Waals surface area contributed by atoms with E-state index in [1.165, 1.54) is 40.2 Å². The van der Waals surface area contributed by atoms with Crippen LogP contribution in [0.3, 0.4) is 0 Å². The van der Waals surface area contributed by atoms with Gasteiger partial charge in [0.15, 0.2) is 0 Å². The molecule has 1 aromatic heterocycles. The summed E-state index contributed by atoms with van der Waals surface area (Å²) in [6, 6.07) is 0.516. The van der Waals surface area contributed by atoms with Gasteiger partial charge in [-0.2, -0.15) is 9.97 Å². The van der Waals surface area contributed by atoms with Crippen LogP contribution in [0.2, 0.25) is 0 Å². The molecule has 1 saturated heterocycles. The number of ether oxygens (including phenoxy) is 2. The van der Waals surface area contributed by atoms with Crippen molar-refractivity contribution in [3.8, 4) is 12.0 Å². The number of nitrogens with one attached hydrogen (secondary N) is 1. The number of methoxy groups -OCH3 is 2. The lowest BCUT2D eigenvalue weighted by atomic mass is 10.4. The zero-order valence-electron chi connectivity index (χ0n) is 11.6. The van der Waals surface area contributed by atoms with Gasteiger partial charge in [-0.25, -0.2) is 0 Å². The second kappa shape index (κ2) is 7.08. The molecule has 0 aliphatic carbocycles. The number of hydrogen-bond acceptors (Lipinski definition) is 7. The van der Waals surface area contributed by atoms with Gasteiger partial charge in [-0.15, -0.1) is 4.98 Å². The molecular weight excluding hydrogens is 246 g/mol. The molecule has 7 nitrogen and oxygen atoms in total. The third-order valence-corrected chi connectivity index (χ3v) is 3.09. The van der Waals surface area contributed by atoms with Gasteiger partial charge in [0.1, 0.15) is 0 Å². The van der Waals surface area contributed by atoms with Crippen LogP contribution in [0.15, 0.2) is 0 Å². The van der Waals surface area contributed by atoms with E-state index in [2.05, 4.69) is 25.2 Å². The monoisotopic (exact) mass is 267 g/mol. The number of anilines is 1. The third kappa shape index (κ3) is 4.20. The summed E-state index contributed by atoms with van der Waals surface area (Å²) >= 11 is 0. The Balaban J connectivity index is 1.77. The number of hydrogen-bond donors (Lipinski definition) is 1. The van der Waals surface area contributed by atoms with Crippen LogP contribution in [-0.2, 0) is 0 Å². The van der Waals surface area contributed by atoms with E-state index < -0.39 is 0 Å². The van der Waals surface area contributed by atoms with E-state index in [0.29, 0.717) is 5.95 Å². The summed E-state index contributed by atoms with van der Waals surface area (Å²) in [7, 11) is 3.04. The van der Waals surface area contributed by atoms with Crippen LogP contribution < -0.4 is 14.8 Å². The molecule has 1 aliphatic heterocycles. The zero-order valence-corrected chi connectivity index (χ0v) is 11.6. The summed E-state index contributed by atoms with van der Waals surface area (Å²) in [6.07, 6.45) is 3.72. The Kier molecular flexibility index (Phi) is 5.14. The van der Waals surface area contributed by atoms with E-state index >= 15 is 0 Å². The van der Waals surface area contributed by atoms with Gasteiger partial charge < -0.3 is 19.7 Å². The summed E-state index contributed by atoms with van der Waals surface area (Å²) in [4.78, 5) is 14.7. The SMILES string of the molecule is COc1nc(NCCCN2CCCC2)nc(OC)n1. The normalized spacial score (nSPS) is 15.5. The van der Waals surface area contributed by atoms with Crippen molar-refractivity contribution in [3.63, 3.8) is 0 Å². The predicted molar refractivity (Wildman–Crippen MR) is 71.7 cm³/mol. The van der Waals surface area contributed by atoms with Crippen LogP contribution >= 0.6 is 0 Å². The Labute approximate surface area is 113 Å². The smallest absolute Gasteiger partial charge is 0.324 e. The van der Waals surface area contributed by atoms with Crippen LogP contribution in [-0.4, -0.2) is 60.3 Å². The van der Waals surface area contributed by atoms with E-state index in [9.17, 15) is 0 Å². The maximum atomic E-state index is 4.99. The van der Waals surface area contributed by atoms with Crippen molar-refractivity contribution in [2.75, 3.05) is 45.7 Å². The van der Waals surface area contributed by atoms with Crippen LogP contribution in [0, 0.1) is 0 Å². The lowest BCUT2D eigenvalue weighted by molar-refractivity contribution is 0.336. The fourth-order valence-electron chi connectivity index (χ4n) is 2.11. The number of aromatic nitrogens is 3. The van der Waals surface area contributed by atoms with Gasteiger partial charge in [-0.3, -0.25) is 0 Å². The van der Waals surface area contributed by atoms with Crippen molar-refractivity contribution in [1.82, 2.24) is 19.9 Å². The van der Waals surface area contributed by atoms with Gasteiger partial charge >= 0.3 is 12.0 Å². The van der Waals surface area contributed by atoms with Gasteiger partial charge in [-0.05, 0) is 38.9 Å². The molecule has 1 aromatic rings. The summed E-state index contributed by atoms with van der Waals surface area (Å²) in [5.41, 5.74) is 0. The number of rotatable bonds is 7. The Morgan fingerprint density at radius 3 is 2.26 bits per heavy atom. The molecule has 0 unspecified atom stereocenters.